The Kier molecular flexibility index (Phi) is 7.83. The zero-order valence-corrected chi connectivity index (χ0v) is 23.6. The number of nitrogens with one attached hydrogen (secondary N) is 3. The van der Waals surface area contributed by atoms with E-state index in [-0.39, 0.29) is 23.4 Å². The second-order valence-electron chi connectivity index (χ2n) is 9.49. The van der Waals surface area contributed by atoms with Crippen molar-refractivity contribution in [3.63, 3.8) is 0 Å². The number of hydrogen-bond acceptors (Lipinski definition) is 8. The summed E-state index contributed by atoms with van der Waals surface area (Å²) in [6, 6.07) is 15.7. The van der Waals surface area contributed by atoms with E-state index < -0.39 is 12.1 Å². The molecule has 0 saturated heterocycles. The summed E-state index contributed by atoms with van der Waals surface area (Å²) >= 11 is 1.53. The second-order valence-corrected chi connectivity index (χ2v) is 10.5. The number of amides is 3. The van der Waals surface area contributed by atoms with Crippen LogP contribution in [-0.2, 0) is 9.53 Å². The standard InChI is InChI=1S/C29H28N6O5S/c1-16(2)25(34-29(38)39-4)27(37)32-18-7-5-17(6-8-18)22-15-35-23-10-9-19(14-24(23)41-28(35)33-22)40-20-11-12-31-21(13-20)26(36)30-3/h5-16,25H,1-4H3,(H,30,36)(H,32,37)(H,34,38)/t25-/m0/s1. The van der Waals surface area contributed by atoms with E-state index in [9.17, 15) is 14.4 Å². The number of anilines is 1. The lowest BCUT2D eigenvalue weighted by atomic mass is 10.0. The van der Waals surface area contributed by atoms with Crippen molar-refractivity contribution in [1.82, 2.24) is 25.0 Å². The van der Waals surface area contributed by atoms with Crippen LogP contribution in [0.25, 0.3) is 26.4 Å². The number of imidazole rings is 1. The third kappa shape index (κ3) is 5.97. The number of methoxy groups -OCH3 is 1. The smallest absolute Gasteiger partial charge is 0.407 e. The van der Waals surface area contributed by atoms with Gasteiger partial charge in [0.05, 0.1) is 23.0 Å². The van der Waals surface area contributed by atoms with E-state index in [1.54, 1.807) is 31.3 Å². The molecule has 2 aromatic carbocycles. The summed E-state index contributed by atoms with van der Waals surface area (Å²) in [7, 11) is 2.81. The Morgan fingerprint density at radius 1 is 1.00 bits per heavy atom. The van der Waals surface area contributed by atoms with Gasteiger partial charge in [0.2, 0.25) is 5.91 Å². The molecular formula is C29H28N6O5S. The van der Waals surface area contributed by atoms with Gasteiger partial charge in [-0.3, -0.25) is 19.0 Å². The highest BCUT2D eigenvalue weighted by Crippen LogP contribution is 2.33. The molecule has 0 aliphatic heterocycles. The first kappa shape index (κ1) is 27.6. The maximum absolute atomic E-state index is 12.7. The largest absolute Gasteiger partial charge is 0.457 e. The summed E-state index contributed by atoms with van der Waals surface area (Å²) in [5.41, 5.74) is 3.55. The van der Waals surface area contributed by atoms with E-state index in [1.807, 2.05) is 54.8 Å². The van der Waals surface area contributed by atoms with Crippen molar-refractivity contribution in [1.29, 1.82) is 0 Å². The van der Waals surface area contributed by atoms with Crippen LogP contribution in [0, 0.1) is 5.92 Å². The normalized spacial score (nSPS) is 11.8. The quantitative estimate of drug-likeness (QED) is 0.236. The third-order valence-corrected chi connectivity index (χ3v) is 7.37. The number of pyridine rings is 1. The fourth-order valence-corrected chi connectivity index (χ4v) is 5.25. The van der Waals surface area contributed by atoms with Gasteiger partial charge in [0.15, 0.2) is 4.96 Å². The molecule has 41 heavy (non-hydrogen) atoms. The molecule has 0 fully saturated rings. The number of aromatic nitrogens is 3. The van der Waals surface area contributed by atoms with Crippen LogP contribution in [0.2, 0.25) is 0 Å². The number of benzene rings is 2. The van der Waals surface area contributed by atoms with Crippen LogP contribution < -0.4 is 20.7 Å². The molecule has 0 saturated carbocycles. The summed E-state index contributed by atoms with van der Waals surface area (Å²) in [6.07, 6.45) is 2.84. The number of rotatable bonds is 8. The highest BCUT2D eigenvalue weighted by molar-refractivity contribution is 7.23. The van der Waals surface area contributed by atoms with Crippen LogP contribution in [0.4, 0.5) is 10.5 Å². The van der Waals surface area contributed by atoms with Crippen LogP contribution >= 0.6 is 11.3 Å². The first-order valence-corrected chi connectivity index (χ1v) is 13.6. The molecule has 3 aromatic heterocycles. The van der Waals surface area contributed by atoms with Crippen molar-refractivity contribution in [2.45, 2.75) is 19.9 Å². The topological polar surface area (TPSA) is 136 Å². The van der Waals surface area contributed by atoms with Crippen molar-refractivity contribution >= 4 is 50.1 Å². The Morgan fingerprint density at radius 2 is 1.76 bits per heavy atom. The highest BCUT2D eigenvalue weighted by Gasteiger charge is 2.24. The molecule has 0 aliphatic rings. The van der Waals surface area contributed by atoms with Gasteiger partial charge in [-0.05, 0) is 36.2 Å². The Morgan fingerprint density at radius 3 is 2.46 bits per heavy atom. The van der Waals surface area contributed by atoms with E-state index in [0.29, 0.717) is 17.2 Å². The molecule has 11 nitrogen and oxygen atoms in total. The van der Waals surface area contributed by atoms with Gasteiger partial charge in [-0.15, -0.1) is 0 Å². The number of carbonyl (C=O) groups excluding carboxylic acids is 3. The molecule has 0 unspecified atom stereocenters. The van der Waals surface area contributed by atoms with Crippen molar-refractivity contribution in [2.75, 3.05) is 19.5 Å². The van der Waals surface area contributed by atoms with Crippen molar-refractivity contribution in [3.05, 3.63) is 72.7 Å². The van der Waals surface area contributed by atoms with Gasteiger partial charge < -0.3 is 25.4 Å². The Balaban J connectivity index is 1.31. The zero-order valence-electron chi connectivity index (χ0n) is 22.8. The lowest BCUT2D eigenvalue weighted by Gasteiger charge is -2.21. The molecule has 0 aliphatic carbocycles. The average molecular weight is 573 g/mol. The maximum atomic E-state index is 12.7. The second kappa shape index (κ2) is 11.6. The van der Waals surface area contributed by atoms with Gasteiger partial charge in [-0.2, -0.15) is 0 Å². The van der Waals surface area contributed by atoms with Crippen LogP contribution in [0.3, 0.4) is 0 Å². The number of nitrogens with zero attached hydrogens (tertiary/aromatic N) is 3. The first-order chi connectivity index (χ1) is 19.7. The van der Waals surface area contributed by atoms with Crippen LogP contribution in [0.5, 0.6) is 11.5 Å². The van der Waals surface area contributed by atoms with E-state index >= 15 is 0 Å². The van der Waals surface area contributed by atoms with Gasteiger partial charge in [0.1, 0.15) is 23.2 Å². The molecule has 5 aromatic rings. The van der Waals surface area contributed by atoms with Crippen molar-refractivity contribution in [2.24, 2.45) is 5.92 Å². The third-order valence-electron chi connectivity index (χ3n) is 6.35. The molecule has 0 radical (unpaired) electrons. The molecule has 12 heteroatoms. The summed E-state index contributed by atoms with van der Waals surface area (Å²) in [5.74, 6) is 0.414. The predicted molar refractivity (Wildman–Crippen MR) is 157 cm³/mol. The van der Waals surface area contributed by atoms with Crippen LogP contribution in [0.1, 0.15) is 24.3 Å². The molecule has 5 rings (SSSR count). The molecule has 0 bridgehead atoms. The minimum atomic E-state index is -0.731. The number of alkyl carbamates (subject to hydrolysis) is 1. The summed E-state index contributed by atoms with van der Waals surface area (Å²) < 4.78 is 13.6. The van der Waals surface area contributed by atoms with Gasteiger partial charge in [-0.1, -0.05) is 37.3 Å². The molecule has 210 valence electrons. The number of hydrogen-bond donors (Lipinski definition) is 3. The highest BCUT2D eigenvalue weighted by atomic mass is 32.1. The Bertz CT molecular complexity index is 1740. The number of ether oxygens (including phenoxy) is 2. The van der Waals surface area contributed by atoms with Crippen LogP contribution in [0.15, 0.2) is 67.0 Å². The average Bonchev–Trinajstić information content (AvgIpc) is 3.53. The van der Waals surface area contributed by atoms with Crippen molar-refractivity contribution in [3.8, 4) is 22.8 Å². The van der Waals surface area contributed by atoms with Gasteiger partial charge in [0.25, 0.3) is 5.91 Å². The lowest BCUT2D eigenvalue weighted by molar-refractivity contribution is -0.119. The van der Waals surface area contributed by atoms with Gasteiger partial charge in [-0.25, -0.2) is 9.78 Å². The Labute approximate surface area is 239 Å². The fourth-order valence-electron chi connectivity index (χ4n) is 4.21. The Hall–Kier alpha value is -4.97. The summed E-state index contributed by atoms with van der Waals surface area (Å²) in [4.78, 5) is 45.9. The number of fused-ring (bicyclic) bond motifs is 3. The fraction of sp³-hybridized carbons (Fsp3) is 0.207. The minimum Gasteiger partial charge on any atom is -0.457 e. The molecule has 3 N–H and O–H groups in total. The van der Waals surface area contributed by atoms with E-state index in [1.165, 1.54) is 24.6 Å². The SMILES string of the molecule is CNC(=O)c1cc(Oc2ccc3c(c2)sc2nc(-c4ccc(NC(=O)[C@@H](NC(=O)OC)C(C)C)cc4)cn23)ccn1. The molecule has 3 heterocycles. The van der Waals surface area contributed by atoms with E-state index in [2.05, 4.69) is 25.7 Å². The van der Waals surface area contributed by atoms with Crippen molar-refractivity contribution < 1.29 is 23.9 Å². The van der Waals surface area contributed by atoms with Gasteiger partial charge >= 0.3 is 6.09 Å². The molecule has 1 atom stereocenters. The van der Waals surface area contributed by atoms with E-state index in [0.717, 1.165) is 26.4 Å². The number of carbonyl (C=O) groups is 3. The summed E-state index contributed by atoms with van der Waals surface area (Å²) in [6.45, 7) is 3.69. The maximum Gasteiger partial charge on any atom is 0.407 e. The molecule has 3 amide bonds. The lowest BCUT2D eigenvalue weighted by Crippen LogP contribution is -2.47. The van der Waals surface area contributed by atoms with E-state index in [4.69, 9.17) is 9.72 Å². The first-order valence-electron chi connectivity index (χ1n) is 12.8. The monoisotopic (exact) mass is 572 g/mol. The molecule has 0 spiro atoms. The molecular weight excluding hydrogens is 544 g/mol. The zero-order chi connectivity index (χ0) is 29.1. The van der Waals surface area contributed by atoms with Gasteiger partial charge in [0, 0.05) is 42.8 Å². The van der Waals surface area contributed by atoms with Crippen LogP contribution in [-0.4, -0.2) is 52.5 Å². The summed E-state index contributed by atoms with van der Waals surface area (Å²) in [5, 5.41) is 7.96. The number of thiazole rings is 1. The predicted octanol–water partition coefficient (Wildman–Crippen LogP) is 5.08. The minimum absolute atomic E-state index is 0.123.